The highest BCUT2D eigenvalue weighted by atomic mass is 35.5. The zero-order valence-corrected chi connectivity index (χ0v) is 11.6. The lowest BCUT2D eigenvalue weighted by molar-refractivity contribution is 0.318. The van der Waals surface area contributed by atoms with Crippen LogP contribution in [-0.4, -0.2) is 24.5 Å². The highest BCUT2D eigenvalue weighted by Gasteiger charge is 2.11. The minimum Gasteiger partial charge on any atom is -0.299 e. The zero-order valence-electron chi connectivity index (χ0n) is 10.8. The number of nitrogens with zero attached hydrogens (tertiary/aromatic N) is 1. The Bertz CT molecular complexity index is 353. The average Bonchev–Trinajstić information content (AvgIpc) is 2.49. The van der Waals surface area contributed by atoms with E-state index in [0.29, 0.717) is 0 Å². The van der Waals surface area contributed by atoms with E-state index in [4.69, 9.17) is 0 Å². The fourth-order valence-corrected chi connectivity index (χ4v) is 2.21. The van der Waals surface area contributed by atoms with Crippen LogP contribution < -0.4 is 0 Å². The molecule has 0 fully saturated rings. The van der Waals surface area contributed by atoms with E-state index in [1.165, 1.54) is 31.5 Å². The predicted molar refractivity (Wildman–Crippen MR) is 77.0 cm³/mol. The highest BCUT2D eigenvalue weighted by Crippen LogP contribution is 2.15. The first kappa shape index (κ1) is 14.3. The van der Waals surface area contributed by atoms with E-state index >= 15 is 0 Å². The van der Waals surface area contributed by atoms with Gasteiger partial charge in [-0.3, -0.25) is 4.90 Å². The molecule has 1 aromatic rings. The summed E-state index contributed by atoms with van der Waals surface area (Å²) >= 11 is 0. The van der Waals surface area contributed by atoms with Crippen molar-refractivity contribution in [3.05, 3.63) is 47.0 Å². The topological polar surface area (TPSA) is 3.24 Å². The first-order valence-electron chi connectivity index (χ1n) is 6.18. The Morgan fingerprint density at radius 1 is 1.12 bits per heavy atom. The van der Waals surface area contributed by atoms with Gasteiger partial charge in [0.15, 0.2) is 0 Å². The maximum atomic E-state index is 2.55. The van der Waals surface area contributed by atoms with E-state index in [1.807, 2.05) is 0 Å². The highest BCUT2D eigenvalue weighted by molar-refractivity contribution is 5.85. The van der Waals surface area contributed by atoms with Crippen molar-refractivity contribution in [1.29, 1.82) is 0 Å². The van der Waals surface area contributed by atoms with Gasteiger partial charge in [-0.1, -0.05) is 35.9 Å². The largest absolute Gasteiger partial charge is 0.299 e. The third-order valence-corrected chi connectivity index (χ3v) is 3.27. The predicted octanol–water partition coefficient (Wildman–Crippen LogP) is 3.48. The third-order valence-electron chi connectivity index (χ3n) is 3.27. The van der Waals surface area contributed by atoms with Crippen molar-refractivity contribution >= 4 is 12.4 Å². The van der Waals surface area contributed by atoms with E-state index in [2.05, 4.69) is 49.1 Å². The number of allylic oxidation sites excluding steroid dienone is 1. The van der Waals surface area contributed by atoms with Crippen LogP contribution in [0.15, 0.2) is 35.9 Å². The maximum absolute atomic E-state index is 2.55. The summed E-state index contributed by atoms with van der Waals surface area (Å²) in [5.41, 5.74) is 4.51. The quantitative estimate of drug-likeness (QED) is 0.728. The van der Waals surface area contributed by atoms with Crippen LogP contribution in [-0.2, 0) is 12.8 Å². The van der Waals surface area contributed by atoms with Gasteiger partial charge in [0.2, 0.25) is 0 Å². The van der Waals surface area contributed by atoms with Gasteiger partial charge >= 0.3 is 0 Å². The van der Waals surface area contributed by atoms with Crippen molar-refractivity contribution < 1.29 is 0 Å². The van der Waals surface area contributed by atoms with E-state index in [1.54, 1.807) is 11.1 Å². The summed E-state index contributed by atoms with van der Waals surface area (Å²) in [5.74, 6) is 0. The van der Waals surface area contributed by atoms with Crippen LogP contribution in [0.2, 0.25) is 0 Å². The van der Waals surface area contributed by atoms with Crippen molar-refractivity contribution in [3.8, 4) is 0 Å². The number of halogens is 1. The average molecular weight is 252 g/mol. The van der Waals surface area contributed by atoms with Gasteiger partial charge in [0, 0.05) is 19.6 Å². The van der Waals surface area contributed by atoms with Crippen molar-refractivity contribution in [2.24, 2.45) is 0 Å². The second kappa shape index (κ2) is 6.83. The molecule has 0 aromatic heterocycles. The molecule has 0 unspecified atom stereocenters. The Balaban J connectivity index is 0.00000144. The van der Waals surface area contributed by atoms with E-state index in [9.17, 15) is 0 Å². The van der Waals surface area contributed by atoms with E-state index in [-0.39, 0.29) is 12.4 Å². The van der Waals surface area contributed by atoms with Gasteiger partial charge in [0.25, 0.3) is 0 Å². The normalized spacial score (nSPS) is 15.4. The molecule has 0 aliphatic carbocycles. The molecule has 1 nitrogen and oxygen atoms in total. The number of fused-ring (bicyclic) bond motifs is 1. The van der Waals surface area contributed by atoms with Crippen LogP contribution in [0.4, 0.5) is 0 Å². The fourth-order valence-electron chi connectivity index (χ4n) is 2.21. The Morgan fingerprint density at radius 3 is 2.12 bits per heavy atom. The monoisotopic (exact) mass is 251 g/mol. The SMILES string of the molecule is CC(C)=CCN1CCc2ccccc2CC1.Cl. The molecule has 0 saturated carbocycles. The van der Waals surface area contributed by atoms with Gasteiger partial charge in [-0.05, 0) is 37.8 Å². The molecule has 0 N–H and O–H groups in total. The van der Waals surface area contributed by atoms with Crippen LogP contribution in [0, 0.1) is 0 Å². The number of hydrogen-bond acceptors (Lipinski definition) is 1. The Kier molecular flexibility index (Phi) is 5.73. The van der Waals surface area contributed by atoms with Crippen molar-refractivity contribution in [2.45, 2.75) is 26.7 Å². The zero-order chi connectivity index (χ0) is 11.4. The van der Waals surface area contributed by atoms with Crippen LogP contribution in [0.25, 0.3) is 0 Å². The molecule has 2 rings (SSSR count). The fraction of sp³-hybridized carbons (Fsp3) is 0.467. The summed E-state index contributed by atoms with van der Waals surface area (Å²) in [7, 11) is 0. The second-order valence-electron chi connectivity index (χ2n) is 4.85. The lowest BCUT2D eigenvalue weighted by Gasteiger charge is -2.17. The molecule has 94 valence electrons. The smallest absolute Gasteiger partial charge is 0.0165 e. The summed E-state index contributed by atoms with van der Waals surface area (Å²) in [6.07, 6.45) is 4.73. The number of benzene rings is 1. The lowest BCUT2D eigenvalue weighted by Crippen LogP contribution is -2.26. The van der Waals surface area contributed by atoms with Gasteiger partial charge in [-0.2, -0.15) is 0 Å². The van der Waals surface area contributed by atoms with Crippen LogP contribution in [0.5, 0.6) is 0 Å². The molecule has 0 atom stereocenters. The molecule has 1 aliphatic heterocycles. The minimum absolute atomic E-state index is 0. The summed E-state index contributed by atoms with van der Waals surface area (Å²) < 4.78 is 0. The van der Waals surface area contributed by atoms with Gasteiger partial charge in [-0.25, -0.2) is 0 Å². The molecule has 0 bridgehead atoms. The Hall–Kier alpha value is -0.790. The standard InChI is InChI=1S/C15H21N.ClH/c1-13(2)7-10-16-11-8-14-5-3-4-6-15(14)9-12-16;/h3-7H,8-12H2,1-2H3;1H. The molecule has 2 heteroatoms. The Labute approximate surface area is 111 Å². The first-order chi connectivity index (χ1) is 7.75. The second-order valence-corrected chi connectivity index (χ2v) is 4.85. The minimum atomic E-state index is 0. The van der Waals surface area contributed by atoms with Crippen LogP contribution >= 0.6 is 12.4 Å². The van der Waals surface area contributed by atoms with Crippen molar-refractivity contribution in [3.63, 3.8) is 0 Å². The van der Waals surface area contributed by atoms with Gasteiger partial charge in [0.1, 0.15) is 0 Å². The molecule has 0 saturated heterocycles. The molecule has 0 amide bonds. The number of rotatable bonds is 2. The molecule has 1 heterocycles. The van der Waals surface area contributed by atoms with Crippen molar-refractivity contribution in [2.75, 3.05) is 19.6 Å². The molecule has 1 aromatic carbocycles. The van der Waals surface area contributed by atoms with E-state index in [0.717, 1.165) is 6.54 Å². The summed E-state index contributed by atoms with van der Waals surface area (Å²) in [4.78, 5) is 2.55. The summed E-state index contributed by atoms with van der Waals surface area (Å²) in [6.45, 7) is 7.84. The van der Waals surface area contributed by atoms with Crippen molar-refractivity contribution in [1.82, 2.24) is 4.90 Å². The molecule has 1 aliphatic rings. The van der Waals surface area contributed by atoms with E-state index < -0.39 is 0 Å². The first-order valence-corrected chi connectivity index (χ1v) is 6.18. The van der Waals surface area contributed by atoms with Gasteiger partial charge in [0.05, 0.1) is 0 Å². The number of hydrogen-bond donors (Lipinski definition) is 0. The molecule has 0 radical (unpaired) electrons. The maximum Gasteiger partial charge on any atom is 0.0165 e. The summed E-state index contributed by atoms with van der Waals surface area (Å²) in [6, 6.07) is 8.87. The third kappa shape index (κ3) is 4.18. The Morgan fingerprint density at radius 2 is 1.65 bits per heavy atom. The summed E-state index contributed by atoms with van der Waals surface area (Å²) in [5, 5.41) is 0. The molecular weight excluding hydrogens is 230 g/mol. The van der Waals surface area contributed by atoms with Crippen LogP contribution in [0.1, 0.15) is 25.0 Å². The van der Waals surface area contributed by atoms with Gasteiger partial charge < -0.3 is 0 Å². The molecule has 17 heavy (non-hydrogen) atoms. The van der Waals surface area contributed by atoms with Crippen LogP contribution in [0.3, 0.4) is 0 Å². The lowest BCUT2D eigenvalue weighted by atomic mass is 10.0. The van der Waals surface area contributed by atoms with Gasteiger partial charge in [-0.15, -0.1) is 12.4 Å². The molecular formula is C15H22ClN. The molecule has 0 spiro atoms.